The Labute approximate surface area is 153 Å². The van der Waals surface area contributed by atoms with E-state index in [0.29, 0.717) is 29.0 Å². The lowest BCUT2D eigenvalue weighted by molar-refractivity contribution is -0.384. The van der Waals surface area contributed by atoms with Gasteiger partial charge in [-0.25, -0.2) is 0 Å². The number of hydrogen-bond acceptors (Lipinski definition) is 5. The van der Waals surface area contributed by atoms with Gasteiger partial charge < -0.3 is 9.30 Å². The summed E-state index contributed by atoms with van der Waals surface area (Å²) in [6.45, 7) is 2.70. The third-order valence-electron chi connectivity index (χ3n) is 3.97. The van der Waals surface area contributed by atoms with Gasteiger partial charge in [-0.05, 0) is 24.6 Å². The van der Waals surface area contributed by atoms with Crippen molar-refractivity contribution in [3.8, 4) is 0 Å². The van der Waals surface area contributed by atoms with Crippen LogP contribution in [0.4, 0.5) is 5.69 Å². The summed E-state index contributed by atoms with van der Waals surface area (Å²) >= 11 is 1.32. The van der Waals surface area contributed by atoms with E-state index >= 15 is 0 Å². The molecule has 1 heterocycles. The molecule has 26 heavy (non-hydrogen) atoms. The lowest BCUT2D eigenvalue weighted by Crippen LogP contribution is -2.19. The van der Waals surface area contributed by atoms with Gasteiger partial charge in [-0.15, -0.1) is 0 Å². The summed E-state index contributed by atoms with van der Waals surface area (Å²) in [6.07, 6.45) is 0. The third-order valence-corrected chi connectivity index (χ3v) is 5.03. The van der Waals surface area contributed by atoms with Gasteiger partial charge in [-0.1, -0.05) is 29.5 Å². The van der Waals surface area contributed by atoms with Crippen molar-refractivity contribution < 1.29 is 14.5 Å². The van der Waals surface area contributed by atoms with Gasteiger partial charge in [0.15, 0.2) is 4.80 Å². The molecule has 134 valence electrons. The number of carbonyl (C=O) groups is 1. The Morgan fingerprint density at radius 1 is 1.31 bits per heavy atom. The largest absolute Gasteiger partial charge is 0.383 e. The first-order valence-electron chi connectivity index (χ1n) is 7.92. The second kappa shape index (κ2) is 7.59. The maximum atomic E-state index is 12.6. The molecule has 0 aliphatic heterocycles. The van der Waals surface area contributed by atoms with E-state index in [1.54, 1.807) is 29.9 Å². The monoisotopic (exact) mass is 371 g/mol. The second-order valence-corrected chi connectivity index (χ2v) is 6.68. The summed E-state index contributed by atoms with van der Waals surface area (Å²) in [5.74, 6) is -0.338. The SMILES string of the molecule is COCCn1c(=NC(=O)c2ccccc2C)sc2ccc([N+](=O)[O-])cc21. The molecule has 0 radical (unpaired) electrons. The Morgan fingerprint density at radius 3 is 2.77 bits per heavy atom. The van der Waals surface area contributed by atoms with Crippen LogP contribution in [0.1, 0.15) is 15.9 Å². The van der Waals surface area contributed by atoms with Crippen LogP contribution in [-0.2, 0) is 11.3 Å². The number of thiazole rings is 1. The zero-order valence-corrected chi connectivity index (χ0v) is 15.2. The zero-order chi connectivity index (χ0) is 18.7. The van der Waals surface area contributed by atoms with Gasteiger partial charge in [0.05, 0.1) is 21.7 Å². The first kappa shape index (κ1) is 18.0. The van der Waals surface area contributed by atoms with Gasteiger partial charge in [-0.3, -0.25) is 14.9 Å². The number of non-ortho nitro benzene ring substituents is 1. The average Bonchev–Trinajstić information content (AvgIpc) is 2.96. The fraction of sp³-hybridized carbons (Fsp3) is 0.222. The summed E-state index contributed by atoms with van der Waals surface area (Å²) in [5, 5.41) is 11.1. The molecule has 1 aromatic heterocycles. The predicted octanol–water partition coefficient (Wildman–Crippen LogP) is 3.31. The van der Waals surface area contributed by atoms with Gasteiger partial charge in [0.25, 0.3) is 11.6 Å². The standard InChI is InChI=1S/C18H17N3O4S/c1-12-5-3-4-6-14(12)17(22)19-18-20(9-10-25-2)15-11-13(21(23)24)7-8-16(15)26-18/h3-8,11H,9-10H2,1-2H3. The first-order valence-corrected chi connectivity index (χ1v) is 8.74. The van der Waals surface area contributed by atoms with E-state index in [2.05, 4.69) is 4.99 Å². The highest BCUT2D eigenvalue weighted by molar-refractivity contribution is 7.16. The Balaban J connectivity index is 2.16. The van der Waals surface area contributed by atoms with Crippen LogP contribution in [0.3, 0.4) is 0 Å². The predicted molar refractivity (Wildman–Crippen MR) is 99.4 cm³/mol. The molecule has 3 rings (SSSR count). The highest BCUT2D eigenvalue weighted by Gasteiger charge is 2.14. The Hall–Kier alpha value is -2.84. The molecule has 2 aromatic carbocycles. The summed E-state index contributed by atoms with van der Waals surface area (Å²) in [4.78, 5) is 28.0. The summed E-state index contributed by atoms with van der Waals surface area (Å²) in [5.41, 5.74) is 2.05. The van der Waals surface area contributed by atoms with Crippen LogP contribution in [0.25, 0.3) is 10.2 Å². The van der Waals surface area contributed by atoms with Gasteiger partial charge in [0.2, 0.25) is 0 Å². The highest BCUT2D eigenvalue weighted by atomic mass is 32.1. The molecular weight excluding hydrogens is 354 g/mol. The zero-order valence-electron chi connectivity index (χ0n) is 14.3. The number of nitrogens with zero attached hydrogens (tertiary/aromatic N) is 3. The average molecular weight is 371 g/mol. The number of aromatic nitrogens is 1. The van der Waals surface area contributed by atoms with Gasteiger partial charge in [-0.2, -0.15) is 4.99 Å². The van der Waals surface area contributed by atoms with E-state index in [1.807, 2.05) is 19.1 Å². The number of rotatable bonds is 5. The van der Waals surface area contributed by atoms with E-state index < -0.39 is 4.92 Å². The number of hydrogen-bond donors (Lipinski definition) is 0. The highest BCUT2D eigenvalue weighted by Crippen LogP contribution is 2.23. The van der Waals surface area contributed by atoms with Crippen LogP contribution in [0.15, 0.2) is 47.5 Å². The van der Waals surface area contributed by atoms with Crippen molar-refractivity contribution in [2.75, 3.05) is 13.7 Å². The number of methoxy groups -OCH3 is 1. The van der Waals surface area contributed by atoms with Crippen molar-refractivity contribution in [1.29, 1.82) is 0 Å². The van der Waals surface area contributed by atoms with Crippen LogP contribution >= 0.6 is 11.3 Å². The Bertz CT molecular complexity index is 1050. The molecule has 0 saturated heterocycles. The molecular formula is C18H17N3O4S. The molecule has 0 N–H and O–H groups in total. The van der Waals surface area contributed by atoms with E-state index in [9.17, 15) is 14.9 Å². The number of carbonyl (C=O) groups excluding carboxylic acids is 1. The number of amides is 1. The van der Waals surface area contributed by atoms with Crippen LogP contribution in [0.5, 0.6) is 0 Å². The van der Waals surface area contributed by atoms with Crippen molar-refractivity contribution in [2.24, 2.45) is 4.99 Å². The fourth-order valence-corrected chi connectivity index (χ4v) is 3.65. The van der Waals surface area contributed by atoms with Crippen molar-refractivity contribution in [1.82, 2.24) is 4.57 Å². The lowest BCUT2D eigenvalue weighted by Gasteiger charge is -2.04. The van der Waals surface area contributed by atoms with Crippen LogP contribution in [0.2, 0.25) is 0 Å². The molecule has 8 heteroatoms. The molecule has 0 aliphatic carbocycles. The number of nitro groups is 1. The number of ether oxygens (including phenoxy) is 1. The van der Waals surface area contributed by atoms with Crippen molar-refractivity contribution in [3.05, 3.63) is 68.5 Å². The number of nitro benzene ring substituents is 1. The lowest BCUT2D eigenvalue weighted by atomic mass is 10.1. The quantitative estimate of drug-likeness (QED) is 0.508. The number of fused-ring (bicyclic) bond motifs is 1. The molecule has 0 unspecified atom stereocenters. The molecule has 0 fully saturated rings. The van der Waals surface area contributed by atoms with E-state index in [-0.39, 0.29) is 11.6 Å². The molecule has 0 saturated carbocycles. The van der Waals surface area contributed by atoms with Gasteiger partial charge in [0.1, 0.15) is 0 Å². The Kier molecular flexibility index (Phi) is 5.24. The van der Waals surface area contributed by atoms with Crippen molar-refractivity contribution >= 4 is 33.1 Å². The van der Waals surface area contributed by atoms with E-state index in [0.717, 1.165) is 10.3 Å². The van der Waals surface area contributed by atoms with Crippen molar-refractivity contribution in [2.45, 2.75) is 13.5 Å². The smallest absolute Gasteiger partial charge is 0.279 e. The Morgan fingerprint density at radius 2 is 2.08 bits per heavy atom. The maximum absolute atomic E-state index is 12.6. The van der Waals surface area contributed by atoms with E-state index in [4.69, 9.17) is 4.74 Å². The van der Waals surface area contributed by atoms with Crippen LogP contribution < -0.4 is 4.80 Å². The molecule has 1 amide bonds. The normalized spacial score (nSPS) is 11.8. The molecule has 0 spiro atoms. The number of aryl methyl sites for hydroxylation is 1. The molecule has 0 bridgehead atoms. The van der Waals surface area contributed by atoms with Crippen molar-refractivity contribution in [3.63, 3.8) is 0 Å². The van der Waals surface area contributed by atoms with Crippen LogP contribution in [0, 0.1) is 17.0 Å². The topological polar surface area (TPSA) is 86.7 Å². The minimum absolute atomic E-state index is 0.00162. The molecule has 7 nitrogen and oxygen atoms in total. The summed E-state index contributed by atoms with van der Waals surface area (Å²) in [7, 11) is 1.58. The summed E-state index contributed by atoms with van der Waals surface area (Å²) < 4.78 is 7.74. The second-order valence-electron chi connectivity index (χ2n) is 5.67. The van der Waals surface area contributed by atoms with Crippen LogP contribution in [-0.4, -0.2) is 29.1 Å². The molecule has 0 atom stereocenters. The fourth-order valence-electron chi connectivity index (χ4n) is 2.61. The van der Waals surface area contributed by atoms with Gasteiger partial charge >= 0.3 is 0 Å². The minimum atomic E-state index is -0.437. The van der Waals surface area contributed by atoms with Gasteiger partial charge in [0, 0.05) is 31.4 Å². The van der Waals surface area contributed by atoms with E-state index in [1.165, 1.54) is 23.5 Å². The third kappa shape index (κ3) is 3.56. The summed E-state index contributed by atoms with van der Waals surface area (Å²) in [6, 6.07) is 11.9. The maximum Gasteiger partial charge on any atom is 0.279 e. The molecule has 0 aliphatic rings. The minimum Gasteiger partial charge on any atom is -0.383 e. The molecule has 3 aromatic rings. The first-order chi connectivity index (χ1) is 12.5. The number of benzene rings is 2.